The lowest BCUT2D eigenvalue weighted by Gasteiger charge is -2.17. The van der Waals surface area contributed by atoms with Crippen LogP contribution in [0.2, 0.25) is 0 Å². The Balaban J connectivity index is 2.39. The Morgan fingerprint density at radius 1 is 1.28 bits per heavy atom. The van der Waals surface area contributed by atoms with E-state index < -0.39 is 5.97 Å². The molecule has 0 aromatic heterocycles. The Labute approximate surface area is 106 Å². The first-order valence-electron chi connectivity index (χ1n) is 5.75. The minimum Gasteiger partial charge on any atom is -0.481 e. The van der Waals surface area contributed by atoms with Gasteiger partial charge in [0.05, 0.1) is 6.42 Å². The summed E-state index contributed by atoms with van der Waals surface area (Å²) in [6.45, 7) is 2.65. The van der Waals surface area contributed by atoms with Gasteiger partial charge < -0.3 is 15.3 Å². The Morgan fingerprint density at radius 2 is 1.89 bits per heavy atom. The molecule has 0 saturated carbocycles. The van der Waals surface area contributed by atoms with E-state index in [1.54, 1.807) is 7.05 Å². The van der Waals surface area contributed by atoms with E-state index in [-0.39, 0.29) is 19.0 Å². The number of urea groups is 1. The number of carboxylic acid groups (broad SMARTS) is 1. The van der Waals surface area contributed by atoms with Crippen molar-refractivity contribution in [2.45, 2.75) is 19.9 Å². The summed E-state index contributed by atoms with van der Waals surface area (Å²) >= 11 is 0. The van der Waals surface area contributed by atoms with Crippen LogP contribution in [-0.4, -0.2) is 35.6 Å². The van der Waals surface area contributed by atoms with E-state index in [4.69, 9.17) is 5.11 Å². The normalized spacial score (nSPS) is 9.89. The fraction of sp³-hybridized carbons (Fsp3) is 0.385. The van der Waals surface area contributed by atoms with E-state index in [9.17, 15) is 9.59 Å². The molecule has 1 aromatic carbocycles. The Morgan fingerprint density at radius 3 is 2.44 bits per heavy atom. The molecular formula is C13H18N2O3. The predicted molar refractivity (Wildman–Crippen MR) is 68.3 cm³/mol. The molecule has 0 bridgehead atoms. The highest BCUT2D eigenvalue weighted by atomic mass is 16.4. The second-order valence-electron chi connectivity index (χ2n) is 4.22. The van der Waals surface area contributed by atoms with Crippen LogP contribution < -0.4 is 5.32 Å². The standard InChI is InChI=1S/C13H18N2O3/c1-10-3-5-11(6-4-10)9-15(2)13(18)14-8-7-12(16)17/h3-6H,7-9H2,1-2H3,(H,14,18)(H,16,17). The molecule has 0 heterocycles. The molecule has 1 aromatic rings. The summed E-state index contributed by atoms with van der Waals surface area (Å²) in [6, 6.07) is 7.65. The molecule has 2 amide bonds. The number of carbonyl (C=O) groups is 2. The summed E-state index contributed by atoms with van der Waals surface area (Å²) in [4.78, 5) is 23.4. The van der Waals surface area contributed by atoms with Gasteiger partial charge in [-0.05, 0) is 12.5 Å². The average Bonchev–Trinajstić information content (AvgIpc) is 2.31. The third-order valence-corrected chi connectivity index (χ3v) is 2.50. The van der Waals surface area contributed by atoms with E-state index in [1.807, 2.05) is 31.2 Å². The molecule has 98 valence electrons. The van der Waals surface area contributed by atoms with Crippen molar-refractivity contribution in [1.82, 2.24) is 10.2 Å². The first-order chi connectivity index (χ1) is 8.49. The molecule has 0 aliphatic rings. The van der Waals surface area contributed by atoms with Crippen LogP contribution in [0.3, 0.4) is 0 Å². The van der Waals surface area contributed by atoms with Crippen LogP contribution >= 0.6 is 0 Å². The minimum atomic E-state index is -0.920. The van der Waals surface area contributed by atoms with Crippen LogP contribution in [0.4, 0.5) is 4.79 Å². The van der Waals surface area contributed by atoms with Crippen molar-refractivity contribution in [3.05, 3.63) is 35.4 Å². The smallest absolute Gasteiger partial charge is 0.317 e. The van der Waals surface area contributed by atoms with Crippen molar-refractivity contribution in [3.8, 4) is 0 Å². The summed E-state index contributed by atoms with van der Waals surface area (Å²) in [6.07, 6.45) is -0.0654. The maximum absolute atomic E-state index is 11.6. The van der Waals surface area contributed by atoms with Crippen LogP contribution in [0.25, 0.3) is 0 Å². The van der Waals surface area contributed by atoms with Gasteiger partial charge in [0.1, 0.15) is 0 Å². The van der Waals surface area contributed by atoms with Gasteiger partial charge in [-0.2, -0.15) is 0 Å². The molecule has 0 aliphatic carbocycles. The lowest BCUT2D eigenvalue weighted by molar-refractivity contribution is -0.136. The highest BCUT2D eigenvalue weighted by Gasteiger charge is 2.08. The molecule has 0 saturated heterocycles. The van der Waals surface area contributed by atoms with Crippen LogP contribution in [0.15, 0.2) is 24.3 Å². The number of carbonyl (C=O) groups excluding carboxylic acids is 1. The zero-order chi connectivity index (χ0) is 13.5. The molecule has 0 fully saturated rings. The molecule has 5 heteroatoms. The monoisotopic (exact) mass is 250 g/mol. The van der Waals surface area contributed by atoms with Gasteiger partial charge in [-0.25, -0.2) is 4.79 Å². The lowest BCUT2D eigenvalue weighted by Crippen LogP contribution is -2.37. The fourth-order valence-corrected chi connectivity index (χ4v) is 1.45. The minimum absolute atomic E-state index is 0.0654. The Bertz CT molecular complexity index is 415. The number of carboxylic acids is 1. The van der Waals surface area contributed by atoms with Crippen molar-refractivity contribution >= 4 is 12.0 Å². The third kappa shape index (κ3) is 4.86. The average molecular weight is 250 g/mol. The molecule has 0 aliphatic heterocycles. The molecule has 18 heavy (non-hydrogen) atoms. The summed E-state index contributed by atoms with van der Waals surface area (Å²) in [5.74, 6) is -0.920. The number of rotatable bonds is 5. The zero-order valence-electron chi connectivity index (χ0n) is 10.6. The zero-order valence-corrected chi connectivity index (χ0v) is 10.6. The van der Waals surface area contributed by atoms with Crippen molar-refractivity contribution in [1.29, 1.82) is 0 Å². The quantitative estimate of drug-likeness (QED) is 0.834. The number of hydrogen-bond donors (Lipinski definition) is 2. The molecule has 1 rings (SSSR count). The maximum Gasteiger partial charge on any atom is 0.317 e. The van der Waals surface area contributed by atoms with Crippen LogP contribution in [0.5, 0.6) is 0 Å². The third-order valence-electron chi connectivity index (χ3n) is 2.50. The number of nitrogens with zero attached hydrogens (tertiary/aromatic N) is 1. The molecule has 0 spiro atoms. The van der Waals surface area contributed by atoms with Gasteiger partial charge in [0.2, 0.25) is 0 Å². The second-order valence-corrected chi connectivity index (χ2v) is 4.22. The summed E-state index contributed by atoms with van der Waals surface area (Å²) in [5.41, 5.74) is 2.21. The Kier molecular flexibility index (Phi) is 5.17. The van der Waals surface area contributed by atoms with Crippen LogP contribution in [0.1, 0.15) is 17.5 Å². The number of aryl methyl sites for hydroxylation is 1. The molecule has 2 N–H and O–H groups in total. The van der Waals surface area contributed by atoms with Crippen molar-refractivity contribution in [2.75, 3.05) is 13.6 Å². The second kappa shape index (κ2) is 6.64. The number of amides is 2. The lowest BCUT2D eigenvalue weighted by atomic mass is 10.1. The van der Waals surface area contributed by atoms with Gasteiger partial charge in [0, 0.05) is 20.1 Å². The van der Waals surface area contributed by atoms with Crippen molar-refractivity contribution in [2.24, 2.45) is 0 Å². The number of benzene rings is 1. The number of nitrogens with one attached hydrogen (secondary N) is 1. The summed E-state index contributed by atoms with van der Waals surface area (Å²) < 4.78 is 0. The Hall–Kier alpha value is -2.04. The van der Waals surface area contributed by atoms with Gasteiger partial charge in [-0.3, -0.25) is 4.79 Å². The SMILES string of the molecule is Cc1ccc(CN(C)C(=O)NCCC(=O)O)cc1. The van der Waals surface area contributed by atoms with Gasteiger partial charge in [0.15, 0.2) is 0 Å². The number of aliphatic carboxylic acids is 1. The van der Waals surface area contributed by atoms with E-state index in [0.717, 1.165) is 5.56 Å². The fourth-order valence-electron chi connectivity index (χ4n) is 1.45. The van der Waals surface area contributed by atoms with E-state index in [2.05, 4.69) is 5.32 Å². The molecular weight excluding hydrogens is 232 g/mol. The van der Waals surface area contributed by atoms with E-state index in [1.165, 1.54) is 10.5 Å². The molecule has 5 nitrogen and oxygen atoms in total. The molecule has 0 atom stereocenters. The van der Waals surface area contributed by atoms with Crippen LogP contribution in [-0.2, 0) is 11.3 Å². The highest BCUT2D eigenvalue weighted by molar-refractivity contribution is 5.75. The first-order valence-corrected chi connectivity index (χ1v) is 5.75. The summed E-state index contributed by atoms with van der Waals surface area (Å²) in [5, 5.41) is 11.0. The van der Waals surface area contributed by atoms with Gasteiger partial charge >= 0.3 is 12.0 Å². The largest absolute Gasteiger partial charge is 0.481 e. The highest BCUT2D eigenvalue weighted by Crippen LogP contribution is 2.05. The van der Waals surface area contributed by atoms with E-state index >= 15 is 0 Å². The van der Waals surface area contributed by atoms with Crippen LogP contribution in [0, 0.1) is 6.92 Å². The predicted octanol–water partition coefficient (Wildman–Crippen LogP) is 1.61. The topological polar surface area (TPSA) is 69.6 Å². The van der Waals surface area contributed by atoms with Crippen molar-refractivity contribution < 1.29 is 14.7 Å². The number of hydrogen-bond acceptors (Lipinski definition) is 2. The first kappa shape index (κ1) is 14.0. The van der Waals surface area contributed by atoms with Gasteiger partial charge in [-0.15, -0.1) is 0 Å². The molecule has 0 radical (unpaired) electrons. The van der Waals surface area contributed by atoms with E-state index in [0.29, 0.717) is 6.54 Å². The molecule has 0 unspecified atom stereocenters. The van der Waals surface area contributed by atoms with Crippen molar-refractivity contribution in [3.63, 3.8) is 0 Å². The van der Waals surface area contributed by atoms with Gasteiger partial charge in [-0.1, -0.05) is 29.8 Å². The summed E-state index contributed by atoms with van der Waals surface area (Å²) in [7, 11) is 1.68. The maximum atomic E-state index is 11.6. The van der Waals surface area contributed by atoms with Gasteiger partial charge in [0.25, 0.3) is 0 Å².